The van der Waals surface area contributed by atoms with Crippen molar-refractivity contribution >= 4 is 29.9 Å². The molecule has 1 unspecified atom stereocenters. The summed E-state index contributed by atoms with van der Waals surface area (Å²) in [6.07, 6.45) is 7.72. The lowest BCUT2D eigenvalue weighted by Crippen LogP contribution is -2.40. The summed E-state index contributed by atoms with van der Waals surface area (Å²) in [5.74, 6) is 0.904. The first-order valence-electron chi connectivity index (χ1n) is 9.91. The Morgan fingerprint density at radius 2 is 2.04 bits per heavy atom. The first-order valence-corrected chi connectivity index (χ1v) is 9.91. The average Bonchev–Trinajstić information content (AvgIpc) is 3.19. The molecule has 0 aliphatic rings. The first-order chi connectivity index (χ1) is 13.2. The van der Waals surface area contributed by atoms with E-state index in [0.29, 0.717) is 6.04 Å². The Balaban J connectivity index is 0.00000392. The Hall–Kier alpha value is -1.61. The third-order valence-electron chi connectivity index (χ3n) is 4.63. The summed E-state index contributed by atoms with van der Waals surface area (Å²) in [6.45, 7) is 8.88. The Morgan fingerprint density at radius 1 is 1.25 bits per heavy atom. The van der Waals surface area contributed by atoms with Gasteiger partial charge in [0.1, 0.15) is 0 Å². The summed E-state index contributed by atoms with van der Waals surface area (Å²) < 4.78 is 2.08. The maximum Gasteiger partial charge on any atom is 0.191 e. The van der Waals surface area contributed by atoms with Gasteiger partial charge in [-0.25, -0.2) is 4.98 Å². The number of hydrogen-bond acceptors (Lipinski definition) is 3. The molecule has 0 aliphatic carbocycles. The van der Waals surface area contributed by atoms with E-state index in [9.17, 15) is 0 Å². The minimum absolute atomic E-state index is 0. The first kappa shape index (κ1) is 24.4. The molecule has 0 radical (unpaired) electrons. The summed E-state index contributed by atoms with van der Waals surface area (Å²) >= 11 is 0. The number of aromatic nitrogens is 2. The van der Waals surface area contributed by atoms with Gasteiger partial charge in [-0.3, -0.25) is 9.89 Å². The Bertz CT molecular complexity index is 644. The summed E-state index contributed by atoms with van der Waals surface area (Å²) in [5.41, 5.74) is 1.35. The van der Waals surface area contributed by atoms with Crippen molar-refractivity contribution in [3.63, 3.8) is 0 Å². The van der Waals surface area contributed by atoms with Gasteiger partial charge < -0.3 is 15.2 Å². The molecule has 0 saturated heterocycles. The van der Waals surface area contributed by atoms with Crippen molar-refractivity contribution < 1.29 is 0 Å². The fourth-order valence-electron chi connectivity index (χ4n) is 2.85. The van der Waals surface area contributed by atoms with Gasteiger partial charge in [0.05, 0.1) is 6.33 Å². The van der Waals surface area contributed by atoms with Crippen molar-refractivity contribution in [3.05, 3.63) is 54.6 Å². The zero-order valence-electron chi connectivity index (χ0n) is 17.3. The number of hydrogen-bond donors (Lipinski definition) is 2. The standard InChI is InChI=1S/C21H34N6.HI/c1-4-23-21(24-12-8-15-27-16-14-22-18-27)25-13-11-19(2)26(3)17-20-9-6-5-7-10-20;/h5-7,9-10,14,16,18-19H,4,8,11-13,15,17H2,1-3H3,(H2,23,24,25);1H. The van der Waals surface area contributed by atoms with Gasteiger partial charge >= 0.3 is 0 Å². The minimum atomic E-state index is 0. The van der Waals surface area contributed by atoms with Crippen LogP contribution in [0.3, 0.4) is 0 Å². The molecule has 2 rings (SSSR count). The molecule has 0 spiro atoms. The second-order valence-electron chi connectivity index (χ2n) is 6.88. The van der Waals surface area contributed by atoms with Gasteiger partial charge in [-0.05, 0) is 39.3 Å². The van der Waals surface area contributed by atoms with Gasteiger partial charge in [0, 0.05) is 51.2 Å². The number of aryl methyl sites for hydroxylation is 1. The zero-order chi connectivity index (χ0) is 19.3. The molecular formula is C21H35IN6. The number of nitrogens with one attached hydrogen (secondary N) is 2. The molecule has 0 amide bonds. The van der Waals surface area contributed by atoms with E-state index >= 15 is 0 Å². The Labute approximate surface area is 186 Å². The van der Waals surface area contributed by atoms with E-state index < -0.39 is 0 Å². The van der Waals surface area contributed by atoms with Gasteiger partial charge in [-0.1, -0.05) is 30.3 Å². The van der Waals surface area contributed by atoms with Crippen LogP contribution >= 0.6 is 24.0 Å². The van der Waals surface area contributed by atoms with Gasteiger partial charge in [0.2, 0.25) is 0 Å². The topological polar surface area (TPSA) is 57.5 Å². The normalized spacial score (nSPS) is 12.5. The molecule has 1 atom stereocenters. The predicted molar refractivity (Wildman–Crippen MR) is 128 cm³/mol. The smallest absolute Gasteiger partial charge is 0.191 e. The number of nitrogens with zero attached hydrogens (tertiary/aromatic N) is 4. The lowest BCUT2D eigenvalue weighted by Gasteiger charge is -2.25. The maximum absolute atomic E-state index is 4.67. The van der Waals surface area contributed by atoms with Gasteiger partial charge in [0.15, 0.2) is 5.96 Å². The molecule has 1 heterocycles. The van der Waals surface area contributed by atoms with Crippen LogP contribution in [0.1, 0.15) is 32.3 Å². The summed E-state index contributed by atoms with van der Waals surface area (Å²) in [7, 11) is 2.19. The van der Waals surface area contributed by atoms with Crippen molar-refractivity contribution in [2.75, 3.05) is 26.7 Å². The van der Waals surface area contributed by atoms with E-state index in [0.717, 1.165) is 51.5 Å². The van der Waals surface area contributed by atoms with Crippen LogP contribution < -0.4 is 10.6 Å². The van der Waals surface area contributed by atoms with Crippen LogP contribution in [-0.4, -0.2) is 53.1 Å². The highest BCUT2D eigenvalue weighted by Gasteiger charge is 2.09. The highest BCUT2D eigenvalue weighted by molar-refractivity contribution is 14.0. The van der Waals surface area contributed by atoms with E-state index in [-0.39, 0.29) is 24.0 Å². The fraction of sp³-hybridized carbons (Fsp3) is 0.524. The van der Waals surface area contributed by atoms with Gasteiger partial charge in [0.25, 0.3) is 0 Å². The number of benzene rings is 1. The molecule has 1 aromatic carbocycles. The Morgan fingerprint density at radius 3 is 2.71 bits per heavy atom. The quantitative estimate of drug-likeness (QED) is 0.216. The highest BCUT2D eigenvalue weighted by atomic mass is 127. The number of rotatable bonds is 11. The average molecular weight is 498 g/mol. The molecule has 0 fully saturated rings. The lowest BCUT2D eigenvalue weighted by molar-refractivity contribution is 0.238. The SMILES string of the molecule is CCNC(=NCCCn1ccnc1)NCCC(C)N(C)Cc1ccccc1.I. The molecule has 1 aromatic heterocycles. The van der Waals surface area contributed by atoms with Crippen molar-refractivity contribution in [1.82, 2.24) is 25.1 Å². The number of aliphatic imine (C=N–C) groups is 1. The van der Waals surface area contributed by atoms with Crippen LogP contribution in [0.25, 0.3) is 0 Å². The monoisotopic (exact) mass is 498 g/mol. The molecule has 6 nitrogen and oxygen atoms in total. The molecule has 7 heteroatoms. The van der Waals surface area contributed by atoms with Crippen molar-refractivity contribution in [2.45, 2.75) is 45.8 Å². The summed E-state index contributed by atoms with van der Waals surface area (Å²) in [4.78, 5) is 11.1. The largest absolute Gasteiger partial charge is 0.357 e. The van der Waals surface area contributed by atoms with Crippen LogP contribution in [0, 0.1) is 0 Å². The van der Waals surface area contributed by atoms with Crippen molar-refractivity contribution in [1.29, 1.82) is 0 Å². The molecule has 156 valence electrons. The third kappa shape index (κ3) is 9.54. The summed E-state index contributed by atoms with van der Waals surface area (Å²) in [5, 5.41) is 6.78. The molecule has 0 bridgehead atoms. The maximum atomic E-state index is 4.67. The fourth-order valence-corrected chi connectivity index (χ4v) is 2.85. The Kier molecular flexibility index (Phi) is 12.6. The summed E-state index contributed by atoms with van der Waals surface area (Å²) in [6, 6.07) is 11.1. The van der Waals surface area contributed by atoms with Gasteiger partial charge in [-0.2, -0.15) is 0 Å². The lowest BCUT2D eigenvalue weighted by atomic mass is 10.1. The minimum Gasteiger partial charge on any atom is -0.357 e. The van der Waals surface area contributed by atoms with E-state index in [2.05, 4.69) is 81.3 Å². The van der Waals surface area contributed by atoms with E-state index in [1.807, 2.05) is 18.7 Å². The van der Waals surface area contributed by atoms with Crippen molar-refractivity contribution in [2.24, 2.45) is 4.99 Å². The van der Waals surface area contributed by atoms with Crippen molar-refractivity contribution in [3.8, 4) is 0 Å². The molecular weight excluding hydrogens is 463 g/mol. The van der Waals surface area contributed by atoms with Crippen LogP contribution in [-0.2, 0) is 13.1 Å². The molecule has 28 heavy (non-hydrogen) atoms. The number of guanidine groups is 1. The second kappa shape index (κ2) is 14.4. The second-order valence-corrected chi connectivity index (χ2v) is 6.88. The third-order valence-corrected chi connectivity index (χ3v) is 4.63. The molecule has 2 N–H and O–H groups in total. The highest BCUT2D eigenvalue weighted by Crippen LogP contribution is 2.07. The van der Waals surface area contributed by atoms with Gasteiger partial charge in [-0.15, -0.1) is 24.0 Å². The van der Waals surface area contributed by atoms with E-state index in [4.69, 9.17) is 0 Å². The molecule has 2 aromatic rings. The van der Waals surface area contributed by atoms with Crippen LogP contribution in [0.5, 0.6) is 0 Å². The number of halogens is 1. The number of imidazole rings is 1. The van der Waals surface area contributed by atoms with Crippen LogP contribution in [0.2, 0.25) is 0 Å². The van der Waals surface area contributed by atoms with E-state index in [1.165, 1.54) is 5.56 Å². The van der Waals surface area contributed by atoms with Crippen LogP contribution in [0.15, 0.2) is 54.0 Å². The van der Waals surface area contributed by atoms with E-state index in [1.54, 1.807) is 0 Å². The zero-order valence-corrected chi connectivity index (χ0v) is 19.7. The van der Waals surface area contributed by atoms with Crippen LogP contribution in [0.4, 0.5) is 0 Å². The predicted octanol–water partition coefficient (Wildman–Crippen LogP) is 3.36. The molecule has 0 saturated carbocycles. The molecule has 0 aliphatic heterocycles.